The lowest BCUT2D eigenvalue weighted by Gasteiger charge is -2.29. The molecule has 5 nitrogen and oxygen atoms in total. The van der Waals surface area contributed by atoms with Crippen LogP contribution < -0.4 is 5.32 Å². The lowest BCUT2D eigenvalue weighted by Crippen LogP contribution is -2.44. The molecular formula is C12H15N3O2S2. The molecule has 1 aromatic rings. The van der Waals surface area contributed by atoms with Gasteiger partial charge in [-0.2, -0.15) is 0 Å². The van der Waals surface area contributed by atoms with Crippen LogP contribution >= 0.6 is 24.0 Å². The minimum absolute atomic E-state index is 0.124. The van der Waals surface area contributed by atoms with E-state index in [0.717, 1.165) is 41.8 Å². The van der Waals surface area contributed by atoms with Gasteiger partial charge in [-0.25, -0.2) is 0 Å². The fraction of sp³-hybridized carbons (Fsp3) is 0.417. The smallest absolute Gasteiger partial charge is 0.269 e. The van der Waals surface area contributed by atoms with E-state index in [-0.39, 0.29) is 10.6 Å². The summed E-state index contributed by atoms with van der Waals surface area (Å²) >= 11 is 7.00. The first-order valence-corrected chi connectivity index (χ1v) is 7.42. The van der Waals surface area contributed by atoms with Crippen LogP contribution in [-0.2, 0) is 5.75 Å². The zero-order chi connectivity index (χ0) is 13.7. The first-order valence-electron chi connectivity index (χ1n) is 6.02. The Balaban J connectivity index is 1.84. The van der Waals surface area contributed by atoms with Gasteiger partial charge in [-0.15, -0.1) is 0 Å². The molecule has 2 rings (SSSR count). The van der Waals surface area contributed by atoms with Gasteiger partial charge in [0.2, 0.25) is 0 Å². The average molecular weight is 297 g/mol. The second-order valence-corrected chi connectivity index (χ2v) is 5.82. The maximum Gasteiger partial charge on any atom is 0.269 e. The number of hydrogen-bond acceptors (Lipinski definition) is 5. The SMILES string of the molecule is O=[N+]([O-])c1ccc(CSC(=S)N2CCNCC2)cc1. The largest absolute Gasteiger partial charge is 0.355 e. The summed E-state index contributed by atoms with van der Waals surface area (Å²) in [5, 5.41) is 13.8. The normalized spacial score (nSPS) is 15.3. The lowest BCUT2D eigenvalue weighted by molar-refractivity contribution is -0.384. The van der Waals surface area contributed by atoms with Crippen molar-refractivity contribution in [2.75, 3.05) is 26.2 Å². The maximum absolute atomic E-state index is 10.6. The van der Waals surface area contributed by atoms with Gasteiger partial charge < -0.3 is 10.2 Å². The summed E-state index contributed by atoms with van der Waals surface area (Å²) in [7, 11) is 0. The van der Waals surface area contributed by atoms with E-state index in [0.29, 0.717) is 0 Å². The molecule has 0 amide bonds. The van der Waals surface area contributed by atoms with E-state index in [1.807, 2.05) is 0 Å². The molecule has 1 fully saturated rings. The van der Waals surface area contributed by atoms with Gasteiger partial charge in [-0.05, 0) is 5.56 Å². The summed E-state index contributed by atoms with van der Waals surface area (Å²) in [6.45, 7) is 3.84. The van der Waals surface area contributed by atoms with E-state index in [2.05, 4.69) is 10.2 Å². The molecule has 0 bridgehead atoms. The Morgan fingerprint density at radius 1 is 1.37 bits per heavy atom. The summed E-state index contributed by atoms with van der Waals surface area (Å²) in [6, 6.07) is 6.63. The molecular weight excluding hydrogens is 282 g/mol. The number of nitro benzene ring substituents is 1. The van der Waals surface area contributed by atoms with Crippen LogP contribution in [0.25, 0.3) is 0 Å². The second-order valence-electron chi connectivity index (χ2n) is 4.22. The molecule has 1 heterocycles. The van der Waals surface area contributed by atoms with Gasteiger partial charge in [0, 0.05) is 44.1 Å². The molecule has 19 heavy (non-hydrogen) atoms. The Morgan fingerprint density at radius 2 is 2.00 bits per heavy atom. The average Bonchev–Trinajstić information content (AvgIpc) is 2.46. The van der Waals surface area contributed by atoms with Crippen molar-refractivity contribution in [2.45, 2.75) is 5.75 Å². The van der Waals surface area contributed by atoms with Crippen LogP contribution in [0.3, 0.4) is 0 Å². The van der Waals surface area contributed by atoms with Crippen molar-refractivity contribution in [3.63, 3.8) is 0 Å². The number of nitrogens with one attached hydrogen (secondary N) is 1. The van der Waals surface area contributed by atoms with Gasteiger partial charge in [0.05, 0.1) is 4.92 Å². The van der Waals surface area contributed by atoms with Crippen molar-refractivity contribution in [3.8, 4) is 0 Å². The third kappa shape index (κ3) is 4.15. The van der Waals surface area contributed by atoms with Crippen LogP contribution in [0.5, 0.6) is 0 Å². The maximum atomic E-state index is 10.6. The molecule has 7 heteroatoms. The predicted octanol–water partition coefficient (Wildman–Crippen LogP) is 2.02. The third-order valence-electron chi connectivity index (χ3n) is 2.88. The monoisotopic (exact) mass is 297 g/mol. The number of rotatable bonds is 3. The molecule has 0 aromatic heterocycles. The van der Waals surface area contributed by atoms with E-state index in [1.54, 1.807) is 23.9 Å². The summed E-state index contributed by atoms with van der Waals surface area (Å²) in [5.41, 5.74) is 1.17. The zero-order valence-electron chi connectivity index (χ0n) is 10.4. The molecule has 0 saturated carbocycles. The van der Waals surface area contributed by atoms with Crippen LogP contribution in [0.15, 0.2) is 24.3 Å². The van der Waals surface area contributed by atoms with Gasteiger partial charge in [-0.3, -0.25) is 10.1 Å². The van der Waals surface area contributed by atoms with Gasteiger partial charge in [0.25, 0.3) is 5.69 Å². The first kappa shape index (κ1) is 14.2. The fourth-order valence-electron chi connectivity index (χ4n) is 1.80. The van der Waals surface area contributed by atoms with Gasteiger partial charge >= 0.3 is 0 Å². The van der Waals surface area contributed by atoms with E-state index in [9.17, 15) is 10.1 Å². The lowest BCUT2D eigenvalue weighted by atomic mass is 10.2. The number of non-ortho nitro benzene ring substituents is 1. The molecule has 0 aliphatic carbocycles. The van der Waals surface area contributed by atoms with E-state index in [4.69, 9.17) is 12.2 Å². The molecule has 0 unspecified atom stereocenters. The standard InChI is InChI=1S/C12H15N3O2S2/c16-15(17)11-3-1-10(2-4-11)9-19-12(18)14-7-5-13-6-8-14/h1-4,13H,5-9H2. The number of thiocarbonyl (C=S) groups is 1. The Morgan fingerprint density at radius 3 is 2.58 bits per heavy atom. The van der Waals surface area contributed by atoms with Crippen molar-refractivity contribution >= 4 is 34.0 Å². The van der Waals surface area contributed by atoms with Gasteiger partial charge in [-0.1, -0.05) is 36.1 Å². The molecule has 0 radical (unpaired) electrons. The van der Waals surface area contributed by atoms with Crippen molar-refractivity contribution in [1.29, 1.82) is 0 Å². The Bertz CT molecular complexity index is 459. The van der Waals surface area contributed by atoms with Gasteiger partial charge in [0.1, 0.15) is 4.32 Å². The van der Waals surface area contributed by atoms with Crippen molar-refractivity contribution < 1.29 is 4.92 Å². The third-order valence-corrected chi connectivity index (χ3v) is 4.48. The minimum atomic E-state index is -0.387. The molecule has 102 valence electrons. The molecule has 1 aliphatic heterocycles. The molecule has 1 N–H and O–H groups in total. The van der Waals surface area contributed by atoms with E-state index >= 15 is 0 Å². The number of benzene rings is 1. The van der Waals surface area contributed by atoms with Crippen LogP contribution in [0.2, 0.25) is 0 Å². The highest BCUT2D eigenvalue weighted by Crippen LogP contribution is 2.19. The summed E-state index contributed by atoms with van der Waals surface area (Å²) in [6.07, 6.45) is 0. The summed E-state index contributed by atoms with van der Waals surface area (Å²) in [5.74, 6) is 0.751. The van der Waals surface area contributed by atoms with Crippen molar-refractivity contribution in [3.05, 3.63) is 39.9 Å². The van der Waals surface area contributed by atoms with E-state index in [1.165, 1.54) is 12.1 Å². The number of piperazine rings is 1. The van der Waals surface area contributed by atoms with Crippen LogP contribution in [-0.4, -0.2) is 40.3 Å². The molecule has 1 saturated heterocycles. The summed E-state index contributed by atoms with van der Waals surface area (Å²) < 4.78 is 0.903. The number of thioether (sulfide) groups is 1. The molecule has 0 spiro atoms. The Kier molecular flexibility index (Phi) is 5.12. The summed E-state index contributed by atoms with van der Waals surface area (Å²) in [4.78, 5) is 12.4. The van der Waals surface area contributed by atoms with E-state index < -0.39 is 0 Å². The predicted molar refractivity (Wildman–Crippen MR) is 81.4 cm³/mol. The van der Waals surface area contributed by atoms with Crippen LogP contribution in [0.1, 0.15) is 5.56 Å². The van der Waals surface area contributed by atoms with Crippen molar-refractivity contribution in [2.24, 2.45) is 0 Å². The number of nitrogens with zero attached hydrogens (tertiary/aromatic N) is 2. The second kappa shape index (κ2) is 6.83. The highest BCUT2D eigenvalue weighted by molar-refractivity contribution is 8.22. The van der Waals surface area contributed by atoms with Crippen LogP contribution in [0.4, 0.5) is 5.69 Å². The topological polar surface area (TPSA) is 58.4 Å². The minimum Gasteiger partial charge on any atom is -0.355 e. The molecule has 1 aromatic carbocycles. The Hall–Kier alpha value is -1.18. The highest BCUT2D eigenvalue weighted by Gasteiger charge is 2.13. The fourth-order valence-corrected chi connectivity index (χ4v) is 3.00. The van der Waals surface area contributed by atoms with Gasteiger partial charge in [0.15, 0.2) is 0 Å². The quantitative estimate of drug-likeness (QED) is 0.523. The highest BCUT2D eigenvalue weighted by atomic mass is 32.2. The molecule has 1 aliphatic rings. The number of nitro groups is 1. The van der Waals surface area contributed by atoms with Crippen LogP contribution in [0, 0.1) is 10.1 Å². The number of hydrogen-bond donors (Lipinski definition) is 1. The van der Waals surface area contributed by atoms with Crippen molar-refractivity contribution in [1.82, 2.24) is 10.2 Å². The molecule has 0 atom stereocenters. The Labute approximate surface area is 121 Å². The zero-order valence-corrected chi connectivity index (χ0v) is 12.0. The first-order chi connectivity index (χ1) is 9.16.